The van der Waals surface area contributed by atoms with Gasteiger partial charge >= 0.3 is 0 Å². The van der Waals surface area contributed by atoms with Crippen molar-refractivity contribution < 1.29 is 20.1 Å². The maximum absolute atomic E-state index is 4.75. The van der Waals surface area contributed by atoms with E-state index < -0.39 is 0 Å². The topological polar surface area (TPSA) is 25.8 Å². The molecule has 7 aromatic rings. The summed E-state index contributed by atoms with van der Waals surface area (Å²) in [6, 6.07) is 45.1. The summed E-state index contributed by atoms with van der Waals surface area (Å²) in [5.41, 5.74) is 11.7. The number of rotatable bonds is 4. The molecule has 2 heterocycles. The van der Waals surface area contributed by atoms with Crippen LogP contribution in [0.15, 0.2) is 122 Å². The van der Waals surface area contributed by atoms with E-state index in [4.69, 9.17) is 4.98 Å². The molecule has 47 heavy (non-hydrogen) atoms. The van der Waals surface area contributed by atoms with Crippen LogP contribution >= 0.6 is 0 Å². The van der Waals surface area contributed by atoms with Gasteiger partial charge in [0.15, 0.2) is 0 Å². The fourth-order valence-electron chi connectivity index (χ4n) is 5.84. The van der Waals surface area contributed by atoms with Crippen LogP contribution in [0.5, 0.6) is 0 Å². The van der Waals surface area contributed by atoms with Crippen LogP contribution in [0.4, 0.5) is 0 Å². The van der Waals surface area contributed by atoms with Crippen molar-refractivity contribution in [3.05, 3.63) is 156 Å². The van der Waals surface area contributed by atoms with Crippen molar-refractivity contribution in [2.75, 3.05) is 0 Å². The number of aryl methyl sites for hydroxylation is 3. The molecule has 2 aromatic heterocycles. The first-order valence-corrected chi connectivity index (χ1v) is 15.9. The molecule has 2 nitrogen and oxygen atoms in total. The molecule has 0 fully saturated rings. The molecule has 0 saturated carbocycles. The second-order valence-electron chi connectivity index (χ2n) is 13.4. The second kappa shape index (κ2) is 14.6. The first kappa shape index (κ1) is 33.9. The predicted octanol–water partition coefficient (Wildman–Crippen LogP) is 11.6. The maximum Gasteiger partial charge on any atom is 0.0192 e. The Bertz CT molecular complexity index is 2080. The van der Waals surface area contributed by atoms with Gasteiger partial charge in [-0.15, -0.1) is 70.8 Å². The van der Waals surface area contributed by atoms with Gasteiger partial charge in [-0.05, 0) is 81.4 Å². The maximum atomic E-state index is 4.75. The third kappa shape index (κ3) is 8.11. The van der Waals surface area contributed by atoms with Gasteiger partial charge in [0.1, 0.15) is 0 Å². The second-order valence-corrected chi connectivity index (χ2v) is 13.4. The minimum atomic E-state index is 0. The molecule has 0 N–H and O–H groups in total. The Hall–Kier alpha value is -4.43. The fraction of sp³-hybridized carbons (Fsp3) is 0.182. The summed E-state index contributed by atoms with van der Waals surface area (Å²) in [6.45, 7) is 13.1. The molecule has 0 unspecified atom stereocenters. The van der Waals surface area contributed by atoms with Crippen LogP contribution in [-0.4, -0.2) is 9.97 Å². The van der Waals surface area contributed by atoms with E-state index in [9.17, 15) is 0 Å². The Morgan fingerprint density at radius 1 is 0.617 bits per heavy atom. The smallest absolute Gasteiger partial charge is 0.0192 e. The first-order chi connectivity index (χ1) is 22.1. The average molecular weight is 789 g/mol. The minimum absolute atomic E-state index is 0. The Balaban J connectivity index is 0.000000243. The number of hydrogen-bond donors (Lipinski definition) is 0. The molecule has 0 spiro atoms. The molecule has 0 aliphatic carbocycles. The van der Waals surface area contributed by atoms with Crippen molar-refractivity contribution >= 4 is 21.5 Å². The molecular formula is C44H40IrN2-2. The van der Waals surface area contributed by atoms with Crippen LogP contribution in [0.25, 0.3) is 55.2 Å². The Morgan fingerprint density at radius 2 is 1.32 bits per heavy atom. The molecule has 0 atom stereocenters. The molecule has 0 aliphatic heterocycles. The van der Waals surface area contributed by atoms with Crippen LogP contribution in [0.3, 0.4) is 0 Å². The zero-order chi connectivity index (χ0) is 32.3. The van der Waals surface area contributed by atoms with Crippen LogP contribution in [0.2, 0.25) is 0 Å². The standard InChI is InChI=1S/C31H28N.C13H12N.Ir/c1-21-20-32-30(18-25(21)19-31(2,3)4)24-12-9-11-22(16-24)29-17-23-10-5-6-13-26(23)27-14-7-8-15-28(27)29;1-10-3-6-12(7-4-10)13-8-5-11(2)9-14-13;/h5-11,13-18,20H,19H2,1-4H3;3-6,8-9H,1-2H3;/q2*-1;. The Kier molecular flexibility index (Phi) is 10.5. The van der Waals surface area contributed by atoms with Gasteiger partial charge in [0.05, 0.1) is 0 Å². The van der Waals surface area contributed by atoms with Crippen molar-refractivity contribution in [2.24, 2.45) is 5.41 Å². The first-order valence-electron chi connectivity index (χ1n) is 15.9. The van der Waals surface area contributed by atoms with E-state index in [-0.39, 0.29) is 25.5 Å². The van der Waals surface area contributed by atoms with E-state index in [0.717, 1.165) is 28.9 Å². The number of benzene rings is 5. The number of aromatic nitrogens is 2. The Labute approximate surface area is 293 Å². The molecule has 0 aliphatic rings. The minimum Gasteiger partial charge on any atom is -0.304 e. The third-order valence-electron chi connectivity index (χ3n) is 8.25. The van der Waals surface area contributed by atoms with Gasteiger partial charge in [0, 0.05) is 32.5 Å². The normalized spacial score (nSPS) is 11.1. The monoisotopic (exact) mass is 789 g/mol. The zero-order valence-corrected chi connectivity index (χ0v) is 30.4. The van der Waals surface area contributed by atoms with E-state index in [2.05, 4.69) is 137 Å². The largest absolute Gasteiger partial charge is 0.304 e. The molecule has 3 heteroatoms. The summed E-state index contributed by atoms with van der Waals surface area (Å²) < 4.78 is 0. The van der Waals surface area contributed by atoms with Crippen molar-refractivity contribution in [2.45, 2.75) is 48.0 Å². The van der Waals surface area contributed by atoms with Crippen LogP contribution in [0, 0.1) is 38.3 Å². The SMILES string of the molecule is Cc1c[c-]c(-c2ccc(C)cn2)cc1.Cc1cnc(-c2[c-]ccc(-c3cc4ccccc4c4ccccc34)c2)cc1CC(C)(C)C.[Ir]. The molecular weight excluding hydrogens is 749 g/mol. The van der Waals surface area contributed by atoms with Gasteiger partial charge in [-0.2, -0.15) is 0 Å². The van der Waals surface area contributed by atoms with Crippen LogP contribution in [0.1, 0.15) is 43.0 Å². The van der Waals surface area contributed by atoms with Crippen molar-refractivity contribution in [1.82, 2.24) is 9.97 Å². The Morgan fingerprint density at radius 3 is 2.02 bits per heavy atom. The average Bonchev–Trinajstić information content (AvgIpc) is 3.06. The predicted molar refractivity (Wildman–Crippen MR) is 195 cm³/mol. The summed E-state index contributed by atoms with van der Waals surface area (Å²) in [6.07, 6.45) is 4.91. The molecule has 0 bridgehead atoms. The van der Waals surface area contributed by atoms with Crippen LogP contribution < -0.4 is 0 Å². The fourth-order valence-corrected chi connectivity index (χ4v) is 5.84. The number of fused-ring (bicyclic) bond motifs is 3. The van der Waals surface area contributed by atoms with Gasteiger partial charge in [-0.25, -0.2) is 0 Å². The molecule has 5 aromatic carbocycles. The third-order valence-corrected chi connectivity index (χ3v) is 8.25. The van der Waals surface area contributed by atoms with E-state index >= 15 is 0 Å². The molecule has 0 saturated heterocycles. The van der Waals surface area contributed by atoms with Gasteiger partial charge in [-0.1, -0.05) is 100.0 Å². The zero-order valence-electron chi connectivity index (χ0n) is 28.0. The quantitative estimate of drug-likeness (QED) is 0.131. The number of nitrogens with zero attached hydrogens (tertiary/aromatic N) is 2. The van der Waals surface area contributed by atoms with E-state index in [0.29, 0.717) is 0 Å². The molecule has 237 valence electrons. The molecule has 0 amide bonds. The van der Waals surface area contributed by atoms with Gasteiger partial charge in [-0.3, -0.25) is 0 Å². The summed E-state index contributed by atoms with van der Waals surface area (Å²) in [7, 11) is 0. The van der Waals surface area contributed by atoms with Gasteiger partial charge in [0.25, 0.3) is 0 Å². The van der Waals surface area contributed by atoms with E-state index in [1.807, 2.05) is 43.6 Å². The summed E-state index contributed by atoms with van der Waals surface area (Å²) in [5.74, 6) is 0. The summed E-state index contributed by atoms with van der Waals surface area (Å²) in [4.78, 5) is 9.10. The summed E-state index contributed by atoms with van der Waals surface area (Å²) >= 11 is 0. The van der Waals surface area contributed by atoms with E-state index in [1.165, 1.54) is 54.9 Å². The summed E-state index contributed by atoms with van der Waals surface area (Å²) in [5, 5.41) is 5.11. The van der Waals surface area contributed by atoms with E-state index in [1.54, 1.807) is 0 Å². The number of hydrogen-bond acceptors (Lipinski definition) is 2. The van der Waals surface area contributed by atoms with Crippen molar-refractivity contribution in [3.8, 4) is 33.6 Å². The molecule has 1 radical (unpaired) electrons. The molecule has 7 rings (SSSR count). The van der Waals surface area contributed by atoms with Crippen molar-refractivity contribution in [1.29, 1.82) is 0 Å². The van der Waals surface area contributed by atoms with Gasteiger partial charge < -0.3 is 9.97 Å². The number of pyridine rings is 2. The van der Waals surface area contributed by atoms with Gasteiger partial charge in [0.2, 0.25) is 0 Å². The van der Waals surface area contributed by atoms with Crippen molar-refractivity contribution in [3.63, 3.8) is 0 Å². The van der Waals surface area contributed by atoms with Crippen LogP contribution in [-0.2, 0) is 26.5 Å².